The third kappa shape index (κ3) is 4.69. The van der Waals surface area contributed by atoms with Gasteiger partial charge in [-0.25, -0.2) is 4.98 Å². The Morgan fingerprint density at radius 1 is 1.27 bits per heavy atom. The molecule has 1 aliphatic rings. The molecule has 1 unspecified atom stereocenters. The molecule has 3 heterocycles. The van der Waals surface area contributed by atoms with Crippen molar-refractivity contribution < 1.29 is 4.79 Å². The number of thiazole rings is 1. The van der Waals surface area contributed by atoms with Crippen molar-refractivity contribution in [1.29, 1.82) is 0 Å². The number of likely N-dealkylation sites (N-methyl/N-ethyl adjacent to an activating group) is 1. The highest BCUT2D eigenvalue weighted by Crippen LogP contribution is 2.30. The molecule has 1 saturated heterocycles. The molecule has 0 bridgehead atoms. The molecule has 0 spiro atoms. The van der Waals surface area contributed by atoms with Gasteiger partial charge in [-0.3, -0.25) is 9.20 Å². The van der Waals surface area contributed by atoms with Gasteiger partial charge in [0.2, 0.25) is 0 Å². The molecule has 1 aliphatic heterocycles. The van der Waals surface area contributed by atoms with Gasteiger partial charge in [-0.15, -0.1) is 0 Å². The lowest BCUT2D eigenvalue weighted by molar-refractivity contribution is 0.0951. The standard InChI is InChI=1S/C25H29BN5OS/c1-17-5-3-6-18(11-17)21-15-31-22-8-7-19(12-23(22)33-25(31)29-21)24(32)28-9-4-10-30-16-26-13-20(30)14-27-2/h3,5-8,11-12,15,20,27H,4,9-10,13-14,16H2,1-2H3,(H,28,32). The summed E-state index contributed by atoms with van der Waals surface area (Å²) in [4.78, 5) is 21.0. The van der Waals surface area contributed by atoms with Crippen molar-refractivity contribution in [1.82, 2.24) is 24.9 Å². The van der Waals surface area contributed by atoms with E-state index < -0.39 is 0 Å². The zero-order valence-electron chi connectivity index (χ0n) is 19.2. The Bertz CT molecular complexity index is 1280. The fourth-order valence-electron chi connectivity index (χ4n) is 4.62. The van der Waals surface area contributed by atoms with E-state index in [2.05, 4.69) is 64.6 Å². The van der Waals surface area contributed by atoms with Crippen molar-refractivity contribution >= 4 is 39.7 Å². The maximum absolute atomic E-state index is 12.7. The number of benzene rings is 2. The number of fused-ring (bicyclic) bond motifs is 3. The highest BCUT2D eigenvalue weighted by molar-refractivity contribution is 7.23. The molecule has 6 nitrogen and oxygen atoms in total. The molecular formula is C25H29BN5OS. The normalized spacial score (nSPS) is 16.5. The predicted octanol–water partition coefficient (Wildman–Crippen LogP) is 3.63. The lowest BCUT2D eigenvalue weighted by Gasteiger charge is -2.24. The van der Waals surface area contributed by atoms with Gasteiger partial charge in [-0.1, -0.05) is 41.4 Å². The number of imidazole rings is 1. The van der Waals surface area contributed by atoms with Crippen LogP contribution in [0.25, 0.3) is 26.4 Å². The Morgan fingerprint density at radius 3 is 3.03 bits per heavy atom. The van der Waals surface area contributed by atoms with Crippen molar-refractivity contribution in [2.75, 3.05) is 33.1 Å². The summed E-state index contributed by atoms with van der Waals surface area (Å²) in [7, 11) is 4.35. The lowest BCUT2D eigenvalue weighted by atomic mass is 9.77. The second kappa shape index (κ2) is 9.67. The molecule has 4 aromatic rings. The molecule has 5 rings (SSSR count). The predicted molar refractivity (Wildman–Crippen MR) is 138 cm³/mol. The summed E-state index contributed by atoms with van der Waals surface area (Å²) in [6.45, 7) is 4.80. The van der Waals surface area contributed by atoms with Crippen LogP contribution in [0.1, 0.15) is 22.3 Å². The third-order valence-corrected chi connectivity index (χ3v) is 7.35. The highest BCUT2D eigenvalue weighted by atomic mass is 32.1. The number of rotatable bonds is 8. The number of hydrogen-bond acceptors (Lipinski definition) is 5. The fourth-order valence-corrected chi connectivity index (χ4v) is 5.67. The Kier molecular flexibility index (Phi) is 6.49. The lowest BCUT2D eigenvalue weighted by Crippen LogP contribution is -2.38. The zero-order valence-corrected chi connectivity index (χ0v) is 20.0. The SMILES string of the molecule is CNCC1C[B]CN1CCCNC(=O)c1ccc2c(c1)sc1nc(-c3cccc(C)c3)cn12. The van der Waals surface area contributed by atoms with E-state index in [9.17, 15) is 4.79 Å². The molecule has 1 radical (unpaired) electrons. The maximum atomic E-state index is 12.7. The fraction of sp³-hybridized carbons (Fsp3) is 0.360. The van der Waals surface area contributed by atoms with Crippen LogP contribution in [-0.2, 0) is 0 Å². The smallest absolute Gasteiger partial charge is 0.251 e. The first kappa shape index (κ1) is 22.1. The summed E-state index contributed by atoms with van der Waals surface area (Å²) in [5.41, 5.74) is 5.11. The second-order valence-corrected chi connectivity index (χ2v) is 9.78. The topological polar surface area (TPSA) is 61.7 Å². The first-order chi connectivity index (χ1) is 16.1. The molecular weight excluding hydrogens is 429 g/mol. The summed E-state index contributed by atoms with van der Waals surface area (Å²) in [5, 5.41) is 6.36. The van der Waals surface area contributed by atoms with Crippen LogP contribution in [0, 0.1) is 6.92 Å². The molecule has 1 fully saturated rings. The highest BCUT2D eigenvalue weighted by Gasteiger charge is 2.23. The maximum Gasteiger partial charge on any atom is 0.251 e. The minimum atomic E-state index is -0.0110. The molecule has 1 atom stereocenters. The van der Waals surface area contributed by atoms with Gasteiger partial charge in [0, 0.05) is 36.5 Å². The zero-order chi connectivity index (χ0) is 22.8. The largest absolute Gasteiger partial charge is 0.352 e. The van der Waals surface area contributed by atoms with Gasteiger partial charge in [0.25, 0.3) is 5.91 Å². The van der Waals surface area contributed by atoms with Crippen LogP contribution in [0.3, 0.4) is 0 Å². The number of aryl methyl sites for hydroxylation is 1. The van der Waals surface area contributed by atoms with Crippen LogP contribution < -0.4 is 10.6 Å². The quantitative estimate of drug-likeness (QED) is 0.313. The van der Waals surface area contributed by atoms with Crippen molar-refractivity contribution in [3.05, 3.63) is 59.8 Å². The average Bonchev–Trinajstić information content (AvgIpc) is 3.51. The minimum absolute atomic E-state index is 0.0110. The summed E-state index contributed by atoms with van der Waals surface area (Å²) in [6, 6.07) is 14.9. The molecule has 2 aromatic carbocycles. The van der Waals surface area contributed by atoms with Gasteiger partial charge in [0.05, 0.1) is 15.9 Å². The van der Waals surface area contributed by atoms with Gasteiger partial charge in [0.1, 0.15) is 7.28 Å². The van der Waals surface area contributed by atoms with E-state index >= 15 is 0 Å². The second-order valence-electron chi connectivity index (χ2n) is 8.77. The van der Waals surface area contributed by atoms with Gasteiger partial charge < -0.3 is 15.5 Å². The Hall–Kier alpha value is -2.68. The van der Waals surface area contributed by atoms with E-state index in [4.69, 9.17) is 4.98 Å². The van der Waals surface area contributed by atoms with Crippen LogP contribution >= 0.6 is 11.3 Å². The minimum Gasteiger partial charge on any atom is -0.352 e. The summed E-state index contributed by atoms with van der Waals surface area (Å²) in [6.07, 6.45) is 5.23. The molecule has 0 aliphatic carbocycles. The molecule has 33 heavy (non-hydrogen) atoms. The van der Waals surface area contributed by atoms with E-state index in [0.717, 1.165) is 58.7 Å². The van der Waals surface area contributed by atoms with Crippen molar-refractivity contribution in [3.8, 4) is 11.3 Å². The monoisotopic (exact) mass is 458 g/mol. The molecule has 1 amide bonds. The van der Waals surface area contributed by atoms with Crippen LogP contribution in [0.5, 0.6) is 0 Å². The van der Waals surface area contributed by atoms with E-state index in [1.165, 1.54) is 5.56 Å². The first-order valence-electron chi connectivity index (χ1n) is 11.6. The van der Waals surface area contributed by atoms with E-state index in [1.807, 2.05) is 25.2 Å². The van der Waals surface area contributed by atoms with Crippen LogP contribution in [0.4, 0.5) is 0 Å². The number of aromatic nitrogens is 2. The summed E-state index contributed by atoms with van der Waals surface area (Å²) >= 11 is 1.62. The van der Waals surface area contributed by atoms with Crippen molar-refractivity contribution in [3.63, 3.8) is 0 Å². The van der Waals surface area contributed by atoms with Crippen molar-refractivity contribution in [2.45, 2.75) is 25.7 Å². The van der Waals surface area contributed by atoms with Gasteiger partial charge in [-0.2, -0.15) is 0 Å². The number of carbonyl (C=O) groups excluding carboxylic acids is 1. The van der Waals surface area contributed by atoms with Crippen molar-refractivity contribution in [2.24, 2.45) is 0 Å². The molecule has 0 saturated carbocycles. The summed E-state index contributed by atoms with van der Waals surface area (Å²) in [5.74, 6) is -0.0110. The van der Waals surface area contributed by atoms with Gasteiger partial charge >= 0.3 is 0 Å². The Labute approximate surface area is 199 Å². The molecule has 169 valence electrons. The van der Waals surface area contributed by atoms with E-state index in [0.29, 0.717) is 18.2 Å². The summed E-state index contributed by atoms with van der Waals surface area (Å²) < 4.78 is 3.19. The van der Waals surface area contributed by atoms with Gasteiger partial charge in [-0.05, 0) is 57.6 Å². The first-order valence-corrected chi connectivity index (χ1v) is 12.4. The van der Waals surface area contributed by atoms with Crippen LogP contribution in [0.15, 0.2) is 48.7 Å². The Morgan fingerprint density at radius 2 is 2.18 bits per heavy atom. The number of nitrogens with one attached hydrogen (secondary N) is 2. The number of nitrogens with zero attached hydrogens (tertiary/aromatic N) is 3. The number of carbonyl (C=O) groups is 1. The van der Waals surface area contributed by atoms with Gasteiger partial charge in [0.15, 0.2) is 4.96 Å². The number of amides is 1. The molecule has 2 aromatic heterocycles. The average molecular weight is 458 g/mol. The molecule has 8 heteroatoms. The third-order valence-electron chi connectivity index (χ3n) is 6.34. The van der Waals surface area contributed by atoms with Crippen LogP contribution in [0.2, 0.25) is 6.32 Å². The van der Waals surface area contributed by atoms with E-state index in [-0.39, 0.29) is 5.91 Å². The number of hydrogen-bond donors (Lipinski definition) is 2. The molecule has 2 N–H and O–H groups in total. The van der Waals surface area contributed by atoms with Crippen LogP contribution in [-0.4, -0.2) is 66.6 Å². The Balaban J connectivity index is 1.23. The van der Waals surface area contributed by atoms with E-state index in [1.54, 1.807) is 11.3 Å².